The maximum Gasteiger partial charge on any atom is 0.262 e. The van der Waals surface area contributed by atoms with E-state index < -0.39 is 0 Å². The number of nitrogens with one attached hydrogen (secondary N) is 2. The number of rotatable bonds is 7. The number of fused-ring (bicyclic) bond motifs is 1. The van der Waals surface area contributed by atoms with E-state index in [2.05, 4.69) is 15.6 Å². The van der Waals surface area contributed by atoms with Crippen LogP contribution in [0.25, 0.3) is 21.3 Å². The van der Waals surface area contributed by atoms with Crippen molar-refractivity contribution in [2.45, 2.75) is 40.2 Å². The zero-order chi connectivity index (χ0) is 24.2. The first-order valence-electron chi connectivity index (χ1n) is 11.1. The second kappa shape index (κ2) is 10.0. The summed E-state index contributed by atoms with van der Waals surface area (Å²) in [6, 6.07) is 13.4. The lowest BCUT2D eigenvalue weighted by molar-refractivity contribution is -0.117. The van der Waals surface area contributed by atoms with Gasteiger partial charge in [0.1, 0.15) is 4.83 Å². The van der Waals surface area contributed by atoms with E-state index in [4.69, 9.17) is 0 Å². The molecule has 2 aromatic heterocycles. The molecule has 0 aliphatic carbocycles. The molecule has 0 saturated heterocycles. The molecule has 2 heterocycles. The standard InChI is InChI=1S/C26H26N4O3S/c1-4-22(31)28-19-10-7-17(3)21(13-19)29-23(32)11-12-30-15-27-25-24(26(30)33)20(14-34-25)18-8-5-16(2)6-9-18/h5-10,13-15H,4,11-12H2,1-3H3,(H,28,31)(H,29,32). The first-order chi connectivity index (χ1) is 16.4. The van der Waals surface area contributed by atoms with Crippen LogP contribution < -0.4 is 16.2 Å². The third-order valence-electron chi connectivity index (χ3n) is 5.62. The third kappa shape index (κ3) is 5.07. The smallest absolute Gasteiger partial charge is 0.262 e. The van der Waals surface area contributed by atoms with Gasteiger partial charge in [0.25, 0.3) is 5.56 Å². The minimum atomic E-state index is -0.224. The molecule has 0 aliphatic heterocycles. The highest BCUT2D eigenvalue weighted by Crippen LogP contribution is 2.30. The predicted molar refractivity (Wildman–Crippen MR) is 137 cm³/mol. The van der Waals surface area contributed by atoms with E-state index in [1.807, 2.05) is 49.6 Å². The lowest BCUT2D eigenvalue weighted by atomic mass is 10.1. The van der Waals surface area contributed by atoms with E-state index in [-0.39, 0.29) is 30.3 Å². The molecule has 7 nitrogen and oxygen atoms in total. The van der Waals surface area contributed by atoms with Gasteiger partial charge in [0.05, 0.1) is 11.7 Å². The highest BCUT2D eigenvalue weighted by Gasteiger charge is 2.14. The maximum atomic E-state index is 13.2. The van der Waals surface area contributed by atoms with Gasteiger partial charge < -0.3 is 10.6 Å². The van der Waals surface area contributed by atoms with Gasteiger partial charge in [-0.3, -0.25) is 19.0 Å². The summed E-state index contributed by atoms with van der Waals surface area (Å²) in [7, 11) is 0. The van der Waals surface area contributed by atoms with E-state index >= 15 is 0 Å². The van der Waals surface area contributed by atoms with Crippen molar-refractivity contribution < 1.29 is 9.59 Å². The van der Waals surface area contributed by atoms with Gasteiger partial charge in [0, 0.05) is 41.7 Å². The van der Waals surface area contributed by atoms with Crippen molar-refractivity contribution in [2.75, 3.05) is 10.6 Å². The number of benzene rings is 2. The Morgan fingerprint density at radius 2 is 1.79 bits per heavy atom. The summed E-state index contributed by atoms with van der Waals surface area (Å²) in [6.45, 7) is 5.89. The number of anilines is 2. The van der Waals surface area contributed by atoms with Crippen molar-refractivity contribution in [2.24, 2.45) is 0 Å². The summed E-state index contributed by atoms with van der Waals surface area (Å²) in [5.41, 5.74) is 4.95. The number of carbonyl (C=O) groups excluding carboxylic acids is 2. The zero-order valence-corrected chi connectivity index (χ0v) is 20.2. The number of thiophene rings is 1. The van der Waals surface area contributed by atoms with Crippen LogP contribution in [0.1, 0.15) is 30.9 Å². The lowest BCUT2D eigenvalue weighted by Gasteiger charge is -2.12. The van der Waals surface area contributed by atoms with Crippen LogP contribution in [-0.4, -0.2) is 21.4 Å². The average Bonchev–Trinajstić information content (AvgIpc) is 3.26. The molecular formula is C26H26N4O3S. The second-order valence-corrected chi connectivity index (χ2v) is 9.03. The molecule has 8 heteroatoms. The summed E-state index contributed by atoms with van der Waals surface area (Å²) >= 11 is 1.44. The molecule has 4 aromatic rings. The second-order valence-electron chi connectivity index (χ2n) is 8.17. The molecule has 0 saturated carbocycles. The molecule has 174 valence electrons. The summed E-state index contributed by atoms with van der Waals surface area (Å²) in [5, 5.41) is 8.20. The quantitative estimate of drug-likeness (QED) is 0.389. The molecule has 0 radical (unpaired) electrons. The number of hydrogen-bond donors (Lipinski definition) is 2. The van der Waals surface area contributed by atoms with Crippen molar-refractivity contribution >= 4 is 44.7 Å². The fourth-order valence-electron chi connectivity index (χ4n) is 3.59. The molecular weight excluding hydrogens is 448 g/mol. The van der Waals surface area contributed by atoms with Crippen LogP contribution in [-0.2, 0) is 16.1 Å². The maximum absolute atomic E-state index is 13.2. The van der Waals surface area contributed by atoms with Crippen molar-refractivity contribution in [3.8, 4) is 11.1 Å². The molecule has 0 atom stereocenters. The SMILES string of the molecule is CCC(=O)Nc1ccc(C)c(NC(=O)CCn2cnc3scc(-c4ccc(C)cc4)c3c2=O)c1. The van der Waals surface area contributed by atoms with E-state index in [0.29, 0.717) is 28.0 Å². The summed E-state index contributed by atoms with van der Waals surface area (Å²) in [5.74, 6) is -0.319. The molecule has 4 rings (SSSR count). The van der Waals surface area contributed by atoms with Crippen LogP contribution >= 0.6 is 11.3 Å². The Bertz CT molecular complexity index is 1420. The fourth-order valence-corrected chi connectivity index (χ4v) is 4.50. The normalized spacial score (nSPS) is 10.9. The van der Waals surface area contributed by atoms with Crippen LogP contribution in [0.4, 0.5) is 11.4 Å². The Morgan fingerprint density at radius 3 is 2.53 bits per heavy atom. The Morgan fingerprint density at radius 1 is 1.03 bits per heavy atom. The van der Waals surface area contributed by atoms with Gasteiger partial charge in [-0.15, -0.1) is 11.3 Å². The lowest BCUT2D eigenvalue weighted by Crippen LogP contribution is -2.23. The predicted octanol–water partition coefficient (Wildman–Crippen LogP) is 5.12. The van der Waals surface area contributed by atoms with Gasteiger partial charge >= 0.3 is 0 Å². The van der Waals surface area contributed by atoms with Gasteiger partial charge in [0.15, 0.2) is 0 Å². The van der Waals surface area contributed by atoms with Crippen molar-refractivity contribution in [1.29, 1.82) is 0 Å². The van der Waals surface area contributed by atoms with E-state index in [9.17, 15) is 14.4 Å². The van der Waals surface area contributed by atoms with Crippen LogP contribution in [0.2, 0.25) is 0 Å². The van der Waals surface area contributed by atoms with Crippen molar-refractivity contribution in [1.82, 2.24) is 9.55 Å². The molecule has 0 aliphatic rings. The summed E-state index contributed by atoms with van der Waals surface area (Å²) in [6.07, 6.45) is 1.99. The monoisotopic (exact) mass is 474 g/mol. The molecule has 2 amide bonds. The molecule has 0 fully saturated rings. The van der Waals surface area contributed by atoms with Crippen LogP contribution in [0.5, 0.6) is 0 Å². The first kappa shape index (κ1) is 23.4. The molecule has 0 bridgehead atoms. The molecule has 0 unspecified atom stereocenters. The van der Waals surface area contributed by atoms with Gasteiger partial charge in [-0.25, -0.2) is 4.98 Å². The number of amides is 2. The molecule has 2 aromatic carbocycles. The summed E-state index contributed by atoms with van der Waals surface area (Å²) in [4.78, 5) is 42.6. The Balaban J connectivity index is 1.50. The largest absolute Gasteiger partial charge is 0.326 e. The van der Waals surface area contributed by atoms with E-state index in [1.54, 1.807) is 19.1 Å². The minimum Gasteiger partial charge on any atom is -0.326 e. The molecule has 34 heavy (non-hydrogen) atoms. The van der Waals surface area contributed by atoms with E-state index in [1.165, 1.54) is 22.2 Å². The van der Waals surface area contributed by atoms with Gasteiger partial charge in [-0.2, -0.15) is 0 Å². The highest BCUT2D eigenvalue weighted by atomic mass is 32.1. The highest BCUT2D eigenvalue weighted by molar-refractivity contribution is 7.17. The number of nitrogens with zero attached hydrogens (tertiary/aromatic N) is 2. The Kier molecular flexibility index (Phi) is 6.88. The Hall–Kier alpha value is -3.78. The third-order valence-corrected chi connectivity index (χ3v) is 6.51. The first-order valence-corrected chi connectivity index (χ1v) is 12.0. The minimum absolute atomic E-state index is 0.0955. The molecule has 0 spiro atoms. The van der Waals surface area contributed by atoms with Crippen LogP contribution in [0, 0.1) is 13.8 Å². The summed E-state index contributed by atoms with van der Waals surface area (Å²) < 4.78 is 1.48. The number of aromatic nitrogens is 2. The number of hydrogen-bond acceptors (Lipinski definition) is 5. The molecule has 2 N–H and O–H groups in total. The number of carbonyl (C=O) groups is 2. The van der Waals surface area contributed by atoms with Crippen LogP contribution in [0.15, 0.2) is 59.0 Å². The van der Waals surface area contributed by atoms with E-state index in [0.717, 1.165) is 22.3 Å². The average molecular weight is 475 g/mol. The van der Waals surface area contributed by atoms with Crippen molar-refractivity contribution in [3.63, 3.8) is 0 Å². The zero-order valence-electron chi connectivity index (χ0n) is 19.3. The fraction of sp³-hybridized carbons (Fsp3) is 0.231. The van der Waals surface area contributed by atoms with Gasteiger partial charge in [-0.1, -0.05) is 42.8 Å². The van der Waals surface area contributed by atoms with Gasteiger partial charge in [0.2, 0.25) is 11.8 Å². The number of aryl methyl sites for hydroxylation is 3. The Labute approximate surface area is 201 Å². The topological polar surface area (TPSA) is 93.1 Å². The van der Waals surface area contributed by atoms with Crippen molar-refractivity contribution in [3.05, 3.63) is 75.7 Å². The van der Waals surface area contributed by atoms with Gasteiger partial charge in [-0.05, 0) is 37.1 Å². The van der Waals surface area contributed by atoms with Crippen LogP contribution in [0.3, 0.4) is 0 Å².